The van der Waals surface area contributed by atoms with Crippen molar-refractivity contribution < 1.29 is 14.3 Å². The van der Waals surface area contributed by atoms with Gasteiger partial charge >= 0.3 is 0 Å². The van der Waals surface area contributed by atoms with Gasteiger partial charge in [-0.3, -0.25) is 9.78 Å². The van der Waals surface area contributed by atoms with E-state index in [-0.39, 0.29) is 5.91 Å². The van der Waals surface area contributed by atoms with Crippen LogP contribution in [-0.2, 0) is 13.0 Å². The molecule has 0 N–H and O–H groups in total. The minimum atomic E-state index is 0.111. The van der Waals surface area contributed by atoms with Crippen molar-refractivity contribution in [2.75, 3.05) is 40.4 Å². The van der Waals surface area contributed by atoms with Crippen molar-refractivity contribution in [2.45, 2.75) is 32.2 Å². The summed E-state index contributed by atoms with van der Waals surface area (Å²) in [5, 5.41) is 0. The molecule has 0 bridgehead atoms. The Morgan fingerprint density at radius 3 is 2.80 bits per heavy atom. The molecule has 6 nitrogen and oxygen atoms in total. The number of pyridine rings is 1. The van der Waals surface area contributed by atoms with Crippen LogP contribution in [0.2, 0.25) is 0 Å². The number of hydrogen-bond acceptors (Lipinski definition) is 5. The summed E-state index contributed by atoms with van der Waals surface area (Å²) in [6.45, 7) is 4.81. The molecule has 1 fully saturated rings. The number of hydrogen-bond donors (Lipinski definition) is 0. The fourth-order valence-electron chi connectivity index (χ4n) is 4.71. The van der Waals surface area contributed by atoms with Gasteiger partial charge in [0.2, 0.25) is 0 Å². The van der Waals surface area contributed by atoms with Gasteiger partial charge in [-0.15, -0.1) is 0 Å². The third kappa shape index (κ3) is 4.59. The number of likely N-dealkylation sites (tertiary alicyclic amines) is 1. The second-order valence-electron chi connectivity index (χ2n) is 8.32. The van der Waals surface area contributed by atoms with Crippen LogP contribution in [0.3, 0.4) is 0 Å². The van der Waals surface area contributed by atoms with Crippen LogP contribution >= 0.6 is 0 Å². The molecule has 0 saturated carbocycles. The van der Waals surface area contributed by atoms with E-state index in [0.717, 1.165) is 50.1 Å². The number of nitrogens with zero attached hydrogens (tertiary/aromatic N) is 3. The highest BCUT2D eigenvalue weighted by molar-refractivity contribution is 5.99. The van der Waals surface area contributed by atoms with E-state index >= 15 is 0 Å². The summed E-state index contributed by atoms with van der Waals surface area (Å²) in [6, 6.07) is 7.91. The van der Waals surface area contributed by atoms with Gasteiger partial charge in [0.15, 0.2) is 11.5 Å². The second kappa shape index (κ2) is 9.47. The monoisotopic (exact) mass is 409 g/mol. The first-order valence-electron chi connectivity index (χ1n) is 10.8. The molecule has 2 aliphatic heterocycles. The van der Waals surface area contributed by atoms with Crippen LogP contribution in [-0.4, -0.2) is 61.1 Å². The van der Waals surface area contributed by atoms with Crippen molar-refractivity contribution in [2.24, 2.45) is 5.92 Å². The number of piperidine rings is 1. The lowest BCUT2D eigenvalue weighted by molar-refractivity contribution is 0.0701. The molecule has 160 valence electrons. The summed E-state index contributed by atoms with van der Waals surface area (Å²) in [5.41, 5.74) is 3.08. The maximum Gasteiger partial charge on any atom is 0.254 e. The molecule has 1 aromatic carbocycles. The van der Waals surface area contributed by atoms with Crippen molar-refractivity contribution >= 4 is 5.91 Å². The number of aryl methyl sites for hydroxylation is 1. The Kier molecular flexibility index (Phi) is 6.53. The molecule has 2 aliphatic rings. The molecule has 1 atom stereocenters. The molecular weight excluding hydrogens is 378 g/mol. The molecule has 6 heteroatoms. The lowest BCUT2D eigenvalue weighted by atomic mass is 9.97. The Morgan fingerprint density at radius 1 is 1.20 bits per heavy atom. The van der Waals surface area contributed by atoms with Gasteiger partial charge in [0, 0.05) is 37.6 Å². The fourth-order valence-corrected chi connectivity index (χ4v) is 4.71. The number of ether oxygens (including phenoxy) is 2. The van der Waals surface area contributed by atoms with E-state index < -0.39 is 0 Å². The molecule has 2 aromatic rings. The van der Waals surface area contributed by atoms with Gasteiger partial charge in [0.05, 0.1) is 14.2 Å². The number of amides is 1. The number of carbonyl (C=O) groups excluding carboxylic acids is 1. The van der Waals surface area contributed by atoms with Crippen LogP contribution < -0.4 is 9.47 Å². The van der Waals surface area contributed by atoms with Gasteiger partial charge in [-0.1, -0.05) is 6.07 Å². The van der Waals surface area contributed by atoms with E-state index in [1.54, 1.807) is 14.2 Å². The molecule has 0 aliphatic carbocycles. The maximum absolute atomic E-state index is 13.0. The first-order chi connectivity index (χ1) is 14.7. The molecular formula is C24H31N3O3. The lowest BCUT2D eigenvalue weighted by Crippen LogP contribution is -2.41. The first-order valence-corrected chi connectivity index (χ1v) is 10.8. The highest BCUT2D eigenvalue weighted by atomic mass is 16.5. The van der Waals surface area contributed by atoms with Crippen LogP contribution in [0, 0.1) is 5.92 Å². The van der Waals surface area contributed by atoms with Gasteiger partial charge in [-0.2, -0.15) is 0 Å². The van der Waals surface area contributed by atoms with Gasteiger partial charge in [0.1, 0.15) is 0 Å². The summed E-state index contributed by atoms with van der Waals surface area (Å²) in [5.74, 6) is 1.94. The SMILES string of the molecule is COc1cc2c(cc1OC)C(=O)N(CC1CCCN(CCCc3cccnc3)C1)C2. The predicted molar refractivity (Wildman–Crippen MR) is 116 cm³/mol. The third-order valence-corrected chi connectivity index (χ3v) is 6.23. The van der Waals surface area contributed by atoms with Crippen molar-refractivity contribution in [1.82, 2.24) is 14.8 Å². The largest absolute Gasteiger partial charge is 0.493 e. The Labute approximate surface area is 178 Å². The van der Waals surface area contributed by atoms with Crippen molar-refractivity contribution in [3.63, 3.8) is 0 Å². The molecule has 1 unspecified atom stereocenters. The maximum atomic E-state index is 13.0. The second-order valence-corrected chi connectivity index (χ2v) is 8.32. The zero-order valence-electron chi connectivity index (χ0n) is 18.0. The van der Waals surface area contributed by atoms with E-state index in [0.29, 0.717) is 24.0 Å². The molecule has 1 amide bonds. The molecule has 3 heterocycles. The molecule has 30 heavy (non-hydrogen) atoms. The van der Waals surface area contributed by atoms with Gasteiger partial charge in [-0.05, 0) is 74.0 Å². The van der Waals surface area contributed by atoms with Crippen molar-refractivity contribution in [3.8, 4) is 11.5 Å². The number of aromatic nitrogens is 1. The minimum Gasteiger partial charge on any atom is -0.493 e. The fraction of sp³-hybridized carbons (Fsp3) is 0.500. The third-order valence-electron chi connectivity index (χ3n) is 6.23. The average Bonchev–Trinajstić information content (AvgIpc) is 3.08. The number of fused-ring (bicyclic) bond motifs is 1. The molecule has 1 saturated heterocycles. The number of benzene rings is 1. The van der Waals surface area contributed by atoms with E-state index in [9.17, 15) is 4.79 Å². The van der Waals surface area contributed by atoms with Gasteiger partial charge in [0.25, 0.3) is 5.91 Å². The van der Waals surface area contributed by atoms with Crippen LogP contribution in [0.4, 0.5) is 0 Å². The Balaban J connectivity index is 1.31. The van der Waals surface area contributed by atoms with Crippen LogP contribution in [0.5, 0.6) is 11.5 Å². The average molecular weight is 410 g/mol. The predicted octanol–water partition coefficient (Wildman–Crippen LogP) is 3.40. The van der Waals surface area contributed by atoms with E-state index in [1.165, 1.54) is 18.4 Å². The topological polar surface area (TPSA) is 54.9 Å². The van der Waals surface area contributed by atoms with Crippen molar-refractivity contribution in [1.29, 1.82) is 0 Å². The quantitative estimate of drug-likeness (QED) is 0.669. The van der Waals surface area contributed by atoms with Crippen LogP contribution in [0.25, 0.3) is 0 Å². The highest BCUT2D eigenvalue weighted by Crippen LogP contribution is 2.35. The van der Waals surface area contributed by atoms with Gasteiger partial charge < -0.3 is 19.3 Å². The Hall–Kier alpha value is -2.60. The summed E-state index contributed by atoms with van der Waals surface area (Å²) >= 11 is 0. The zero-order valence-corrected chi connectivity index (χ0v) is 18.0. The summed E-state index contributed by atoms with van der Waals surface area (Å²) in [6.07, 6.45) is 8.38. The van der Waals surface area contributed by atoms with E-state index in [1.807, 2.05) is 35.5 Å². The zero-order chi connectivity index (χ0) is 20.9. The van der Waals surface area contributed by atoms with E-state index in [4.69, 9.17) is 9.47 Å². The number of carbonyl (C=O) groups is 1. The summed E-state index contributed by atoms with van der Waals surface area (Å²) < 4.78 is 10.8. The molecule has 4 rings (SSSR count). The Morgan fingerprint density at radius 2 is 2.03 bits per heavy atom. The normalized spacial score (nSPS) is 19.1. The minimum absolute atomic E-state index is 0.111. The smallest absolute Gasteiger partial charge is 0.254 e. The first kappa shape index (κ1) is 20.7. The lowest BCUT2D eigenvalue weighted by Gasteiger charge is -2.34. The van der Waals surface area contributed by atoms with Gasteiger partial charge in [-0.25, -0.2) is 0 Å². The van der Waals surface area contributed by atoms with Crippen LogP contribution in [0.1, 0.15) is 40.7 Å². The summed E-state index contributed by atoms with van der Waals surface area (Å²) in [7, 11) is 3.23. The van der Waals surface area contributed by atoms with Crippen molar-refractivity contribution in [3.05, 3.63) is 53.3 Å². The molecule has 0 spiro atoms. The molecule has 0 radical (unpaired) electrons. The Bertz CT molecular complexity index is 871. The number of rotatable bonds is 8. The molecule has 1 aromatic heterocycles. The highest BCUT2D eigenvalue weighted by Gasteiger charge is 2.32. The number of methoxy groups -OCH3 is 2. The van der Waals surface area contributed by atoms with E-state index in [2.05, 4.69) is 16.0 Å². The van der Waals surface area contributed by atoms with Crippen LogP contribution in [0.15, 0.2) is 36.7 Å². The summed E-state index contributed by atoms with van der Waals surface area (Å²) in [4.78, 5) is 21.7. The standard InChI is InChI=1S/C24H31N3O3/c1-29-22-12-20-17-27(24(28)21(20)13-23(22)30-2)16-19-8-5-11-26(15-19)10-4-7-18-6-3-9-25-14-18/h3,6,9,12-14,19H,4-5,7-8,10-11,15-17H2,1-2H3.